The van der Waals surface area contributed by atoms with Crippen LogP contribution in [0.25, 0.3) is 0 Å². The van der Waals surface area contributed by atoms with Gasteiger partial charge in [-0.05, 0) is 37.1 Å². The molecule has 0 aliphatic carbocycles. The van der Waals surface area contributed by atoms with Crippen LogP contribution >= 0.6 is 15.9 Å². The monoisotopic (exact) mass is 429 g/mol. The van der Waals surface area contributed by atoms with E-state index < -0.39 is 10.1 Å². The van der Waals surface area contributed by atoms with Gasteiger partial charge in [0.1, 0.15) is 5.69 Å². The van der Waals surface area contributed by atoms with Crippen LogP contribution in [0.5, 0.6) is 0 Å². The van der Waals surface area contributed by atoms with Crippen LogP contribution in [0.15, 0.2) is 22.8 Å². The van der Waals surface area contributed by atoms with E-state index in [1.54, 1.807) is 13.2 Å². The van der Waals surface area contributed by atoms with E-state index in [1.165, 1.54) is 4.68 Å². The van der Waals surface area contributed by atoms with Crippen molar-refractivity contribution in [1.29, 1.82) is 0 Å². The highest BCUT2D eigenvalue weighted by Gasteiger charge is 2.18. The Morgan fingerprint density at radius 3 is 2.64 bits per heavy atom. The largest absolute Gasteiger partial charge is 0.320 e. The molecule has 1 amide bonds. The van der Waals surface area contributed by atoms with Crippen LogP contribution in [0, 0.1) is 13.8 Å². The summed E-state index contributed by atoms with van der Waals surface area (Å²) in [6, 6.07) is 3.83. The minimum atomic E-state index is -3.52. The molecule has 0 aliphatic heterocycles. The molecule has 7 nitrogen and oxygen atoms in total. The van der Waals surface area contributed by atoms with Crippen molar-refractivity contribution in [2.24, 2.45) is 7.05 Å². The van der Waals surface area contributed by atoms with Crippen LogP contribution in [-0.2, 0) is 27.8 Å². The topological polar surface area (TPSA) is 90.3 Å². The molecule has 0 aliphatic rings. The summed E-state index contributed by atoms with van der Waals surface area (Å²) >= 11 is 3.46. The van der Waals surface area contributed by atoms with Gasteiger partial charge in [0.05, 0.1) is 19.1 Å². The van der Waals surface area contributed by atoms with Gasteiger partial charge in [0.15, 0.2) is 0 Å². The number of hydrogen-bond acceptors (Lipinski definition) is 5. The van der Waals surface area contributed by atoms with Gasteiger partial charge in [-0.3, -0.25) is 13.7 Å². The second-order valence-electron chi connectivity index (χ2n) is 5.79. The van der Waals surface area contributed by atoms with Crippen molar-refractivity contribution in [2.75, 3.05) is 18.2 Å². The summed E-state index contributed by atoms with van der Waals surface area (Å²) in [4.78, 5) is 12.7. The molecule has 0 saturated heterocycles. The molecule has 0 radical (unpaired) electrons. The second kappa shape index (κ2) is 7.67. The Labute approximate surface area is 155 Å². The van der Waals surface area contributed by atoms with Crippen molar-refractivity contribution in [3.05, 3.63) is 45.2 Å². The molecule has 0 unspecified atom stereocenters. The lowest BCUT2D eigenvalue weighted by atomic mass is 10.1. The van der Waals surface area contributed by atoms with Crippen LogP contribution in [-0.4, -0.2) is 37.0 Å². The Morgan fingerprint density at radius 2 is 2.00 bits per heavy atom. The molecule has 2 rings (SSSR count). The summed E-state index contributed by atoms with van der Waals surface area (Å²) in [6.45, 7) is 3.81. The first kappa shape index (κ1) is 19.6. The van der Waals surface area contributed by atoms with E-state index in [-0.39, 0.29) is 18.9 Å². The predicted molar refractivity (Wildman–Crippen MR) is 99.3 cm³/mol. The molecule has 0 bridgehead atoms. The van der Waals surface area contributed by atoms with Crippen molar-refractivity contribution in [1.82, 2.24) is 9.78 Å². The lowest BCUT2D eigenvalue weighted by molar-refractivity contribution is 0.101. The Kier molecular flexibility index (Phi) is 6.02. The number of nitrogens with one attached hydrogen (secondary N) is 1. The first-order valence-corrected chi connectivity index (χ1v) is 10.1. The number of halogens is 1. The maximum absolute atomic E-state index is 12.7. The van der Waals surface area contributed by atoms with Crippen LogP contribution < -0.4 is 5.32 Å². The van der Waals surface area contributed by atoms with Crippen molar-refractivity contribution in [3.8, 4) is 0 Å². The van der Waals surface area contributed by atoms with Crippen molar-refractivity contribution in [3.63, 3.8) is 0 Å². The van der Waals surface area contributed by atoms with Crippen LogP contribution in [0.3, 0.4) is 0 Å². The van der Waals surface area contributed by atoms with E-state index >= 15 is 0 Å². The number of carbonyl (C=O) groups excluding carboxylic acids is 1. The highest BCUT2D eigenvalue weighted by Crippen LogP contribution is 2.25. The summed E-state index contributed by atoms with van der Waals surface area (Å²) < 4.78 is 29.3. The SMILES string of the molecule is Cc1cc(NC(=O)c2c(CCOS(C)(=O)=O)cnn2C)c(C)cc1Br. The van der Waals surface area contributed by atoms with E-state index in [1.807, 2.05) is 26.0 Å². The average Bonchev–Trinajstić information content (AvgIpc) is 2.84. The lowest BCUT2D eigenvalue weighted by Crippen LogP contribution is -2.19. The van der Waals surface area contributed by atoms with Gasteiger partial charge in [-0.1, -0.05) is 15.9 Å². The summed E-state index contributed by atoms with van der Waals surface area (Å²) in [5.41, 5.74) is 3.64. The molecular formula is C16H20BrN3O4S. The first-order chi connectivity index (χ1) is 11.6. The standard InChI is InChI=1S/C16H20BrN3O4S/c1-10-8-14(11(2)7-13(10)17)19-16(21)15-12(9-18-20(15)3)5-6-24-25(4,22)23/h7-9H,5-6H2,1-4H3,(H,19,21). The maximum Gasteiger partial charge on any atom is 0.274 e. The first-order valence-electron chi connectivity index (χ1n) is 7.52. The molecule has 0 atom stereocenters. The van der Waals surface area contributed by atoms with E-state index in [2.05, 4.69) is 26.3 Å². The zero-order valence-electron chi connectivity index (χ0n) is 14.5. The number of anilines is 1. The summed E-state index contributed by atoms with van der Waals surface area (Å²) in [7, 11) is -1.85. The Balaban J connectivity index is 2.19. The molecule has 25 heavy (non-hydrogen) atoms. The van der Waals surface area contributed by atoms with Crippen molar-refractivity contribution < 1.29 is 17.4 Å². The smallest absolute Gasteiger partial charge is 0.274 e. The van der Waals surface area contributed by atoms with Gasteiger partial charge in [-0.2, -0.15) is 13.5 Å². The molecule has 1 N–H and O–H groups in total. The number of aryl methyl sites for hydroxylation is 3. The number of aromatic nitrogens is 2. The van der Waals surface area contributed by atoms with Crippen LogP contribution in [0.1, 0.15) is 27.2 Å². The zero-order chi connectivity index (χ0) is 18.8. The average molecular weight is 430 g/mol. The van der Waals surface area contributed by atoms with Gasteiger partial charge in [0.25, 0.3) is 16.0 Å². The maximum atomic E-state index is 12.7. The molecule has 1 aromatic carbocycles. The number of amides is 1. The van der Waals surface area contributed by atoms with Gasteiger partial charge in [0, 0.05) is 29.2 Å². The fourth-order valence-corrected chi connectivity index (χ4v) is 3.20. The molecular weight excluding hydrogens is 410 g/mol. The fraction of sp³-hybridized carbons (Fsp3) is 0.375. The molecule has 0 saturated carbocycles. The van der Waals surface area contributed by atoms with E-state index in [0.29, 0.717) is 16.9 Å². The Hall–Kier alpha value is -1.71. The Bertz CT molecular complexity index is 906. The zero-order valence-corrected chi connectivity index (χ0v) is 16.9. The minimum Gasteiger partial charge on any atom is -0.320 e. The quantitative estimate of drug-likeness (QED) is 0.712. The summed E-state index contributed by atoms with van der Waals surface area (Å²) in [5.74, 6) is -0.306. The molecule has 1 aromatic heterocycles. The molecule has 0 spiro atoms. The molecule has 2 aromatic rings. The number of nitrogens with zero attached hydrogens (tertiary/aromatic N) is 2. The van der Waals surface area contributed by atoms with Crippen LogP contribution in [0.2, 0.25) is 0 Å². The summed E-state index contributed by atoms with van der Waals surface area (Å²) in [5, 5.41) is 6.98. The van der Waals surface area contributed by atoms with Crippen molar-refractivity contribution >= 4 is 37.6 Å². The third kappa shape index (κ3) is 5.13. The highest BCUT2D eigenvalue weighted by atomic mass is 79.9. The lowest BCUT2D eigenvalue weighted by Gasteiger charge is -2.12. The highest BCUT2D eigenvalue weighted by molar-refractivity contribution is 9.10. The molecule has 0 fully saturated rings. The second-order valence-corrected chi connectivity index (χ2v) is 8.29. The van der Waals surface area contributed by atoms with Gasteiger partial charge in [-0.15, -0.1) is 0 Å². The number of rotatable bonds is 6. The minimum absolute atomic E-state index is 0.0405. The fourth-order valence-electron chi connectivity index (χ4n) is 2.36. The van der Waals surface area contributed by atoms with Gasteiger partial charge >= 0.3 is 0 Å². The Morgan fingerprint density at radius 1 is 1.32 bits per heavy atom. The summed E-state index contributed by atoms with van der Waals surface area (Å²) in [6.07, 6.45) is 2.80. The third-order valence-electron chi connectivity index (χ3n) is 3.65. The third-order valence-corrected chi connectivity index (χ3v) is 5.10. The number of carbonyl (C=O) groups is 1. The molecule has 9 heteroatoms. The van der Waals surface area contributed by atoms with Crippen molar-refractivity contribution in [2.45, 2.75) is 20.3 Å². The normalized spacial score (nSPS) is 11.6. The molecule has 136 valence electrons. The number of benzene rings is 1. The van der Waals surface area contributed by atoms with E-state index in [9.17, 15) is 13.2 Å². The van der Waals surface area contributed by atoms with Gasteiger partial charge < -0.3 is 5.32 Å². The molecule has 1 heterocycles. The van der Waals surface area contributed by atoms with Gasteiger partial charge in [-0.25, -0.2) is 0 Å². The van der Waals surface area contributed by atoms with E-state index in [0.717, 1.165) is 21.9 Å². The van der Waals surface area contributed by atoms with Crippen LogP contribution in [0.4, 0.5) is 5.69 Å². The van der Waals surface area contributed by atoms with E-state index in [4.69, 9.17) is 4.18 Å². The van der Waals surface area contributed by atoms with Gasteiger partial charge in [0.2, 0.25) is 0 Å². The number of hydrogen-bond donors (Lipinski definition) is 1. The predicted octanol–water partition coefficient (Wildman–Crippen LogP) is 2.57.